The van der Waals surface area contributed by atoms with E-state index in [0.29, 0.717) is 29.9 Å². The molecule has 0 amide bonds. The highest BCUT2D eigenvalue weighted by atomic mass is 16.5. The standard InChI is InChI=1S/C12H17N5O4/c18-2-1-13-11-10-12(15-5-14-11)17(6-16-10)9-3-7(20)8(4-19)21-9/h5-9,18-20H,1-4H2,(H,13,14,15). The van der Waals surface area contributed by atoms with E-state index in [4.69, 9.17) is 14.9 Å². The molecule has 3 unspecified atom stereocenters. The van der Waals surface area contributed by atoms with Gasteiger partial charge in [-0.15, -0.1) is 0 Å². The molecule has 1 aliphatic heterocycles. The maximum absolute atomic E-state index is 9.81. The molecule has 0 spiro atoms. The second-order valence-corrected chi connectivity index (χ2v) is 4.81. The molecule has 114 valence electrons. The molecule has 3 rings (SSSR count). The van der Waals surface area contributed by atoms with Crippen LogP contribution in [0.25, 0.3) is 11.2 Å². The SMILES string of the molecule is OCCNc1ncnc2c1ncn2C1CC(O)C(CO)O1. The summed E-state index contributed by atoms with van der Waals surface area (Å²) in [6.07, 6.45) is 1.59. The fourth-order valence-electron chi connectivity index (χ4n) is 2.42. The molecular weight excluding hydrogens is 278 g/mol. The lowest BCUT2D eigenvalue weighted by Gasteiger charge is -2.13. The molecule has 2 aromatic heterocycles. The Bertz CT molecular complexity index is 619. The van der Waals surface area contributed by atoms with Gasteiger partial charge in [-0.25, -0.2) is 15.0 Å². The first-order chi connectivity index (χ1) is 10.2. The van der Waals surface area contributed by atoms with Gasteiger partial charge in [-0.2, -0.15) is 0 Å². The Kier molecular flexibility index (Phi) is 3.97. The van der Waals surface area contributed by atoms with Crippen LogP contribution in [0.4, 0.5) is 5.82 Å². The molecule has 0 radical (unpaired) electrons. The van der Waals surface area contributed by atoms with Crippen molar-refractivity contribution in [2.24, 2.45) is 0 Å². The van der Waals surface area contributed by atoms with Crippen LogP contribution < -0.4 is 5.32 Å². The van der Waals surface area contributed by atoms with Gasteiger partial charge in [0.1, 0.15) is 18.7 Å². The first kappa shape index (κ1) is 14.1. The first-order valence-corrected chi connectivity index (χ1v) is 6.71. The van der Waals surface area contributed by atoms with E-state index < -0.39 is 18.4 Å². The molecule has 0 aliphatic carbocycles. The predicted octanol–water partition coefficient (Wildman–Crippen LogP) is -1.13. The fraction of sp³-hybridized carbons (Fsp3) is 0.583. The zero-order chi connectivity index (χ0) is 14.8. The Morgan fingerprint density at radius 3 is 2.90 bits per heavy atom. The molecule has 21 heavy (non-hydrogen) atoms. The van der Waals surface area contributed by atoms with E-state index in [-0.39, 0.29) is 13.2 Å². The van der Waals surface area contributed by atoms with Gasteiger partial charge < -0.3 is 25.4 Å². The van der Waals surface area contributed by atoms with Gasteiger partial charge in [-0.1, -0.05) is 0 Å². The normalized spacial score (nSPS) is 25.6. The van der Waals surface area contributed by atoms with Crippen molar-refractivity contribution in [3.8, 4) is 0 Å². The third-order valence-electron chi connectivity index (χ3n) is 3.46. The Labute approximate surface area is 120 Å². The smallest absolute Gasteiger partial charge is 0.167 e. The average molecular weight is 295 g/mol. The second-order valence-electron chi connectivity index (χ2n) is 4.81. The van der Waals surface area contributed by atoms with Gasteiger partial charge in [0.2, 0.25) is 0 Å². The van der Waals surface area contributed by atoms with Gasteiger partial charge in [-0.3, -0.25) is 4.57 Å². The number of nitrogens with zero attached hydrogens (tertiary/aromatic N) is 4. The van der Waals surface area contributed by atoms with Crippen molar-refractivity contribution in [2.75, 3.05) is 25.1 Å². The minimum Gasteiger partial charge on any atom is -0.395 e. The van der Waals surface area contributed by atoms with Gasteiger partial charge >= 0.3 is 0 Å². The highest BCUT2D eigenvalue weighted by Crippen LogP contribution is 2.31. The number of aliphatic hydroxyl groups excluding tert-OH is 3. The summed E-state index contributed by atoms with van der Waals surface area (Å²) in [5.41, 5.74) is 1.14. The Balaban J connectivity index is 1.90. The number of rotatable bonds is 5. The molecule has 9 nitrogen and oxygen atoms in total. The maximum Gasteiger partial charge on any atom is 0.167 e. The van der Waals surface area contributed by atoms with Gasteiger partial charge in [-0.05, 0) is 0 Å². The highest BCUT2D eigenvalue weighted by Gasteiger charge is 2.35. The average Bonchev–Trinajstić information content (AvgIpc) is 3.08. The maximum atomic E-state index is 9.81. The molecule has 2 aromatic rings. The largest absolute Gasteiger partial charge is 0.395 e. The zero-order valence-corrected chi connectivity index (χ0v) is 11.3. The third-order valence-corrected chi connectivity index (χ3v) is 3.46. The van der Waals surface area contributed by atoms with Crippen molar-refractivity contribution in [3.63, 3.8) is 0 Å². The van der Waals surface area contributed by atoms with Crippen molar-refractivity contribution >= 4 is 17.0 Å². The summed E-state index contributed by atoms with van der Waals surface area (Å²) in [7, 11) is 0. The summed E-state index contributed by atoms with van der Waals surface area (Å²) in [6, 6.07) is 0. The lowest BCUT2D eigenvalue weighted by Crippen LogP contribution is -2.24. The zero-order valence-electron chi connectivity index (χ0n) is 11.3. The van der Waals surface area contributed by atoms with Crippen LogP contribution in [0.2, 0.25) is 0 Å². The lowest BCUT2D eigenvalue weighted by molar-refractivity contribution is -0.0432. The third kappa shape index (κ3) is 2.56. The number of ether oxygens (including phenoxy) is 1. The second kappa shape index (κ2) is 5.90. The van der Waals surface area contributed by atoms with Crippen LogP contribution in [0.1, 0.15) is 12.6 Å². The van der Waals surface area contributed by atoms with E-state index in [1.165, 1.54) is 6.33 Å². The molecule has 0 aromatic carbocycles. The summed E-state index contributed by atoms with van der Waals surface area (Å²) in [6.45, 7) is 0.120. The van der Waals surface area contributed by atoms with Crippen LogP contribution >= 0.6 is 0 Å². The molecule has 9 heteroatoms. The highest BCUT2D eigenvalue weighted by molar-refractivity contribution is 5.82. The molecule has 0 saturated carbocycles. The van der Waals surface area contributed by atoms with Crippen molar-refractivity contribution < 1.29 is 20.1 Å². The molecule has 0 bridgehead atoms. The van der Waals surface area contributed by atoms with Crippen molar-refractivity contribution in [2.45, 2.75) is 24.9 Å². The number of aromatic nitrogens is 4. The first-order valence-electron chi connectivity index (χ1n) is 6.71. The summed E-state index contributed by atoms with van der Waals surface area (Å²) in [5, 5.41) is 30.8. The number of imidazole rings is 1. The molecule has 4 N–H and O–H groups in total. The van der Waals surface area contributed by atoms with E-state index in [1.807, 2.05) is 0 Å². The summed E-state index contributed by atoms with van der Waals surface area (Å²) < 4.78 is 7.31. The van der Waals surface area contributed by atoms with E-state index >= 15 is 0 Å². The lowest BCUT2D eigenvalue weighted by atomic mass is 10.2. The predicted molar refractivity (Wildman–Crippen MR) is 72.5 cm³/mol. The quantitative estimate of drug-likeness (QED) is 0.546. The van der Waals surface area contributed by atoms with Crippen LogP contribution in [-0.2, 0) is 4.74 Å². The van der Waals surface area contributed by atoms with E-state index in [0.717, 1.165) is 0 Å². The summed E-state index contributed by atoms with van der Waals surface area (Å²) >= 11 is 0. The minimum absolute atomic E-state index is 0.0116. The van der Waals surface area contributed by atoms with Crippen LogP contribution in [0.5, 0.6) is 0 Å². The summed E-state index contributed by atoms with van der Waals surface area (Å²) in [5.74, 6) is 0.532. The molecule has 1 saturated heterocycles. The topological polar surface area (TPSA) is 126 Å². The number of hydrogen-bond donors (Lipinski definition) is 4. The Morgan fingerprint density at radius 1 is 1.33 bits per heavy atom. The van der Waals surface area contributed by atoms with Gasteiger partial charge in [0.05, 0.1) is 25.6 Å². The van der Waals surface area contributed by atoms with Crippen LogP contribution in [0.15, 0.2) is 12.7 Å². The number of anilines is 1. The molecule has 3 atom stereocenters. The Morgan fingerprint density at radius 2 is 2.19 bits per heavy atom. The fourth-order valence-corrected chi connectivity index (χ4v) is 2.42. The number of hydrogen-bond acceptors (Lipinski definition) is 8. The molecule has 1 aliphatic rings. The number of fused-ring (bicyclic) bond motifs is 1. The number of nitrogens with one attached hydrogen (secondary N) is 1. The van der Waals surface area contributed by atoms with Crippen molar-refractivity contribution in [3.05, 3.63) is 12.7 Å². The van der Waals surface area contributed by atoms with Gasteiger partial charge in [0, 0.05) is 13.0 Å². The van der Waals surface area contributed by atoms with Crippen LogP contribution in [-0.4, -0.2) is 66.8 Å². The van der Waals surface area contributed by atoms with E-state index in [1.54, 1.807) is 10.9 Å². The van der Waals surface area contributed by atoms with E-state index in [9.17, 15) is 5.11 Å². The monoisotopic (exact) mass is 295 g/mol. The Hall–Kier alpha value is -1.81. The van der Waals surface area contributed by atoms with Gasteiger partial charge in [0.25, 0.3) is 0 Å². The molecule has 1 fully saturated rings. The van der Waals surface area contributed by atoms with Crippen molar-refractivity contribution in [1.82, 2.24) is 19.5 Å². The summed E-state index contributed by atoms with van der Waals surface area (Å²) in [4.78, 5) is 12.5. The molecule has 3 heterocycles. The van der Waals surface area contributed by atoms with Crippen LogP contribution in [0.3, 0.4) is 0 Å². The number of aliphatic hydroxyl groups is 3. The minimum atomic E-state index is -0.716. The van der Waals surface area contributed by atoms with E-state index in [2.05, 4.69) is 20.3 Å². The van der Waals surface area contributed by atoms with Crippen molar-refractivity contribution in [1.29, 1.82) is 0 Å². The van der Waals surface area contributed by atoms with Gasteiger partial charge in [0.15, 0.2) is 17.0 Å². The van der Waals surface area contributed by atoms with Crippen LogP contribution in [0, 0.1) is 0 Å². The molecular formula is C12H17N5O4.